The maximum Gasteiger partial charge on any atom is 0.340 e. The van der Waals surface area contributed by atoms with Gasteiger partial charge in [0.25, 0.3) is 0 Å². The quantitative estimate of drug-likeness (QED) is 0.505. The van der Waals surface area contributed by atoms with Crippen LogP contribution in [-0.2, 0) is 14.6 Å². The number of nitrogens with two attached hydrogens (primary N) is 1. The lowest BCUT2D eigenvalue weighted by Gasteiger charge is -2.06. The predicted molar refractivity (Wildman–Crippen MR) is 70.5 cm³/mol. The van der Waals surface area contributed by atoms with Gasteiger partial charge in [0.05, 0.1) is 17.9 Å². The summed E-state index contributed by atoms with van der Waals surface area (Å²) in [5.41, 5.74) is 6.07. The molecule has 0 spiro atoms. The van der Waals surface area contributed by atoms with E-state index in [4.69, 9.17) is 22.1 Å². The van der Waals surface area contributed by atoms with E-state index in [2.05, 4.69) is 0 Å². The fourth-order valence-electron chi connectivity index (χ4n) is 1.28. The minimum absolute atomic E-state index is 0.0175. The number of hydrogen-bond acceptors (Lipinski definition) is 5. The minimum Gasteiger partial charge on any atom is -0.462 e. The summed E-state index contributed by atoms with van der Waals surface area (Å²) >= 11 is 5.70. The van der Waals surface area contributed by atoms with Crippen molar-refractivity contribution in [2.24, 2.45) is 0 Å². The van der Waals surface area contributed by atoms with Crippen LogP contribution in [0.2, 0.25) is 5.02 Å². The Labute approximate surface area is 111 Å². The van der Waals surface area contributed by atoms with E-state index in [1.807, 2.05) is 0 Å². The van der Waals surface area contributed by atoms with Crippen LogP contribution in [0.1, 0.15) is 16.8 Å². The molecule has 100 valence electrons. The summed E-state index contributed by atoms with van der Waals surface area (Å²) < 4.78 is 26.6. The van der Waals surface area contributed by atoms with Crippen molar-refractivity contribution in [3.8, 4) is 0 Å². The van der Waals surface area contributed by atoms with Crippen molar-refractivity contribution in [3.05, 3.63) is 28.8 Å². The number of rotatable bonds is 5. The summed E-state index contributed by atoms with van der Waals surface area (Å²) in [5.74, 6) is -0.603. The van der Waals surface area contributed by atoms with Crippen LogP contribution in [0.5, 0.6) is 0 Å². The van der Waals surface area contributed by atoms with E-state index < -0.39 is 15.8 Å². The number of anilines is 1. The highest BCUT2D eigenvalue weighted by Gasteiger charge is 2.11. The van der Waals surface area contributed by atoms with E-state index in [1.165, 1.54) is 18.2 Å². The molecule has 0 amide bonds. The summed E-state index contributed by atoms with van der Waals surface area (Å²) in [4.78, 5) is 11.6. The molecule has 2 N–H and O–H groups in total. The number of carbonyl (C=O) groups excluding carboxylic acids is 1. The molecule has 0 unspecified atom stereocenters. The van der Waals surface area contributed by atoms with Crippen LogP contribution in [0.25, 0.3) is 0 Å². The van der Waals surface area contributed by atoms with E-state index >= 15 is 0 Å². The average molecular weight is 292 g/mol. The van der Waals surface area contributed by atoms with Gasteiger partial charge in [-0.05, 0) is 24.6 Å². The first-order chi connectivity index (χ1) is 8.29. The van der Waals surface area contributed by atoms with Gasteiger partial charge in [-0.3, -0.25) is 0 Å². The van der Waals surface area contributed by atoms with Crippen LogP contribution >= 0.6 is 11.6 Å². The lowest BCUT2D eigenvalue weighted by Crippen LogP contribution is -2.12. The Morgan fingerprint density at radius 1 is 1.44 bits per heavy atom. The molecule has 0 radical (unpaired) electrons. The fourth-order valence-corrected chi connectivity index (χ4v) is 2.11. The van der Waals surface area contributed by atoms with Crippen molar-refractivity contribution in [3.63, 3.8) is 0 Å². The molecular weight excluding hydrogens is 278 g/mol. The van der Waals surface area contributed by atoms with Gasteiger partial charge in [-0.2, -0.15) is 0 Å². The van der Waals surface area contributed by atoms with Crippen molar-refractivity contribution < 1.29 is 17.9 Å². The zero-order chi connectivity index (χ0) is 13.8. The first-order valence-corrected chi connectivity index (χ1v) is 7.63. The van der Waals surface area contributed by atoms with Gasteiger partial charge < -0.3 is 10.5 Å². The SMILES string of the molecule is CS(=O)(=O)CCCOC(=O)c1ccc(Cl)cc1N. The number of esters is 1. The number of carbonyl (C=O) groups is 1. The molecule has 0 atom stereocenters. The number of ether oxygens (including phenoxy) is 1. The molecule has 0 aliphatic heterocycles. The van der Waals surface area contributed by atoms with Crippen LogP contribution in [0.3, 0.4) is 0 Å². The number of nitrogen functional groups attached to an aromatic ring is 1. The Kier molecular flexibility index (Phi) is 4.98. The van der Waals surface area contributed by atoms with Gasteiger partial charge >= 0.3 is 5.97 Å². The van der Waals surface area contributed by atoms with Crippen molar-refractivity contribution in [1.29, 1.82) is 0 Å². The highest BCUT2D eigenvalue weighted by atomic mass is 35.5. The molecule has 1 aromatic rings. The second-order valence-electron chi connectivity index (χ2n) is 3.85. The largest absolute Gasteiger partial charge is 0.462 e. The molecule has 18 heavy (non-hydrogen) atoms. The molecule has 0 fully saturated rings. The number of halogens is 1. The van der Waals surface area contributed by atoms with Crippen molar-refractivity contribution in [2.75, 3.05) is 24.3 Å². The van der Waals surface area contributed by atoms with E-state index in [9.17, 15) is 13.2 Å². The summed E-state index contributed by atoms with van der Waals surface area (Å²) in [6.07, 6.45) is 1.39. The summed E-state index contributed by atoms with van der Waals surface area (Å²) in [6.45, 7) is 0.0357. The van der Waals surface area contributed by atoms with Gasteiger partial charge in [0.2, 0.25) is 0 Å². The molecule has 0 aliphatic rings. The van der Waals surface area contributed by atoms with Crippen molar-refractivity contribution >= 4 is 33.1 Å². The highest BCUT2D eigenvalue weighted by Crippen LogP contribution is 2.18. The topological polar surface area (TPSA) is 86.5 Å². The van der Waals surface area contributed by atoms with Gasteiger partial charge in [0, 0.05) is 17.0 Å². The second-order valence-corrected chi connectivity index (χ2v) is 6.55. The monoisotopic (exact) mass is 291 g/mol. The maximum atomic E-state index is 11.6. The third kappa shape index (κ3) is 4.93. The van der Waals surface area contributed by atoms with Crippen LogP contribution in [0.15, 0.2) is 18.2 Å². The maximum absolute atomic E-state index is 11.6. The average Bonchev–Trinajstić information content (AvgIpc) is 2.22. The van der Waals surface area contributed by atoms with Crippen LogP contribution < -0.4 is 5.73 Å². The minimum atomic E-state index is -3.03. The molecule has 1 aromatic carbocycles. The van der Waals surface area contributed by atoms with Crippen LogP contribution in [0, 0.1) is 0 Å². The van der Waals surface area contributed by atoms with Crippen molar-refractivity contribution in [2.45, 2.75) is 6.42 Å². The fraction of sp³-hybridized carbons (Fsp3) is 0.364. The molecule has 5 nitrogen and oxygen atoms in total. The third-order valence-electron chi connectivity index (χ3n) is 2.13. The molecule has 1 rings (SSSR count). The molecular formula is C11H14ClNO4S. The zero-order valence-electron chi connectivity index (χ0n) is 9.85. The molecule has 7 heteroatoms. The molecule has 0 saturated heterocycles. The van der Waals surface area contributed by atoms with Crippen LogP contribution in [0.4, 0.5) is 5.69 Å². The van der Waals surface area contributed by atoms with Gasteiger partial charge in [-0.25, -0.2) is 13.2 Å². The molecule has 0 heterocycles. The lowest BCUT2D eigenvalue weighted by atomic mass is 10.2. The smallest absolute Gasteiger partial charge is 0.340 e. The first kappa shape index (κ1) is 14.8. The first-order valence-electron chi connectivity index (χ1n) is 5.19. The number of sulfone groups is 1. The van der Waals surface area contributed by atoms with Gasteiger partial charge in [-0.15, -0.1) is 0 Å². The number of hydrogen-bond donors (Lipinski definition) is 1. The summed E-state index contributed by atoms with van der Waals surface area (Å²) in [6, 6.07) is 4.45. The Balaban J connectivity index is 2.51. The van der Waals surface area contributed by atoms with Gasteiger partial charge in [0.1, 0.15) is 9.84 Å². The van der Waals surface area contributed by atoms with Crippen LogP contribution in [-0.4, -0.2) is 33.0 Å². The lowest BCUT2D eigenvalue weighted by molar-refractivity contribution is 0.0507. The number of benzene rings is 1. The molecule has 0 aromatic heterocycles. The predicted octanol–water partition coefficient (Wildman–Crippen LogP) is 1.51. The Morgan fingerprint density at radius 3 is 2.67 bits per heavy atom. The Bertz CT molecular complexity index is 542. The molecule has 0 saturated carbocycles. The second kappa shape index (κ2) is 6.06. The molecule has 0 aliphatic carbocycles. The summed E-state index contributed by atoms with van der Waals surface area (Å²) in [7, 11) is -3.03. The normalized spacial score (nSPS) is 11.2. The third-order valence-corrected chi connectivity index (χ3v) is 3.39. The zero-order valence-corrected chi connectivity index (χ0v) is 11.4. The van der Waals surface area contributed by atoms with E-state index in [1.54, 1.807) is 0 Å². The Hall–Kier alpha value is -1.27. The van der Waals surface area contributed by atoms with E-state index in [0.717, 1.165) is 6.26 Å². The van der Waals surface area contributed by atoms with E-state index in [0.29, 0.717) is 5.02 Å². The highest BCUT2D eigenvalue weighted by molar-refractivity contribution is 7.90. The Morgan fingerprint density at radius 2 is 2.11 bits per heavy atom. The van der Waals surface area contributed by atoms with Gasteiger partial charge in [0.15, 0.2) is 0 Å². The molecule has 0 bridgehead atoms. The van der Waals surface area contributed by atoms with Gasteiger partial charge in [-0.1, -0.05) is 11.6 Å². The summed E-state index contributed by atoms with van der Waals surface area (Å²) in [5, 5.41) is 0.432. The standard InChI is InChI=1S/C11H14ClNO4S/c1-18(15,16)6-2-5-17-11(14)9-4-3-8(12)7-10(9)13/h3-4,7H,2,5-6,13H2,1H3. The van der Waals surface area contributed by atoms with Crippen molar-refractivity contribution in [1.82, 2.24) is 0 Å². The van der Waals surface area contributed by atoms with E-state index in [-0.39, 0.29) is 30.0 Å².